The first-order valence-corrected chi connectivity index (χ1v) is 6.88. The van der Waals surface area contributed by atoms with Gasteiger partial charge in [-0.15, -0.1) is 0 Å². The third-order valence-electron chi connectivity index (χ3n) is 3.78. The Balaban J connectivity index is 1.80. The average Bonchev–Trinajstić information content (AvgIpc) is 2.87. The molecular weight excluding hydrogens is 259 g/mol. The number of carbonyl (C=O) groups is 1. The van der Waals surface area contributed by atoms with Crippen molar-refractivity contribution in [2.75, 3.05) is 20.2 Å². The largest absolute Gasteiger partial charge is 0.468 e. The Labute approximate surface area is 118 Å². The maximum absolute atomic E-state index is 12.8. The highest BCUT2D eigenvalue weighted by Gasteiger charge is 2.26. The standard InChI is InChI=1S/C15H21FN2O2/c1-20-15(19)14(17)8-12-6-7-18(10-12)9-11-2-4-13(16)5-3-11/h2-5,12,14H,6-10,17H2,1H3. The molecule has 4 nitrogen and oxygen atoms in total. The zero-order valence-corrected chi connectivity index (χ0v) is 11.7. The van der Waals surface area contributed by atoms with E-state index in [0.29, 0.717) is 12.3 Å². The summed E-state index contributed by atoms with van der Waals surface area (Å²) in [5.74, 6) is -0.136. The lowest BCUT2D eigenvalue weighted by Gasteiger charge is -2.17. The monoisotopic (exact) mass is 280 g/mol. The molecule has 0 radical (unpaired) electrons. The summed E-state index contributed by atoms with van der Waals surface area (Å²) in [6, 6.07) is 6.05. The quantitative estimate of drug-likeness (QED) is 0.831. The Hall–Kier alpha value is -1.46. The van der Waals surface area contributed by atoms with Gasteiger partial charge in [-0.2, -0.15) is 0 Å². The number of esters is 1. The molecule has 0 spiro atoms. The summed E-state index contributed by atoms with van der Waals surface area (Å²) in [4.78, 5) is 13.6. The molecule has 0 amide bonds. The predicted octanol–water partition coefficient (Wildman–Crippen LogP) is 1.54. The Kier molecular flexibility index (Phi) is 5.09. The lowest BCUT2D eigenvalue weighted by Crippen LogP contribution is -2.34. The first-order chi connectivity index (χ1) is 9.58. The molecule has 2 N–H and O–H groups in total. The van der Waals surface area contributed by atoms with E-state index in [0.717, 1.165) is 31.6 Å². The SMILES string of the molecule is COC(=O)C(N)CC1CCN(Cc2ccc(F)cc2)C1. The average molecular weight is 280 g/mol. The highest BCUT2D eigenvalue weighted by Crippen LogP contribution is 2.22. The van der Waals surface area contributed by atoms with Crippen molar-refractivity contribution >= 4 is 5.97 Å². The van der Waals surface area contributed by atoms with Crippen LogP contribution in [-0.2, 0) is 16.1 Å². The number of carbonyl (C=O) groups excluding carboxylic acids is 1. The van der Waals surface area contributed by atoms with E-state index in [1.807, 2.05) is 12.1 Å². The van der Waals surface area contributed by atoms with Crippen LogP contribution in [0, 0.1) is 11.7 Å². The van der Waals surface area contributed by atoms with Gasteiger partial charge in [-0.05, 0) is 43.0 Å². The van der Waals surface area contributed by atoms with Crippen molar-refractivity contribution in [3.8, 4) is 0 Å². The molecule has 2 rings (SSSR count). The fourth-order valence-corrected chi connectivity index (χ4v) is 2.70. The Morgan fingerprint density at radius 2 is 2.20 bits per heavy atom. The summed E-state index contributed by atoms with van der Waals surface area (Å²) in [6.07, 6.45) is 1.69. The number of ether oxygens (including phenoxy) is 1. The summed E-state index contributed by atoms with van der Waals surface area (Å²) < 4.78 is 17.5. The maximum atomic E-state index is 12.8. The van der Waals surface area contributed by atoms with E-state index in [-0.39, 0.29) is 11.8 Å². The molecule has 1 aromatic rings. The predicted molar refractivity (Wildman–Crippen MR) is 74.4 cm³/mol. The second-order valence-corrected chi connectivity index (χ2v) is 5.38. The van der Waals surface area contributed by atoms with Crippen LogP contribution in [-0.4, -0.2) is 37.1 Å². The highest BCUT2D eigenvalue weighted by atomic mass is 19.1. The van der Waals surface area contributed by atoms with Crippen LogP contribution in [0.1, 0.15) is 18.4 Å². The van der Waals surface area contributed by atoms with Gasteiger partial charge in [-0.3, -0.25) is 9.69 Å². The molecule has 110 valence electrons. The van der Waals surface area contributed by atoms with Crippen molar-refractivity contribution in [3.05, 3.63) is 35.6 Å². The van der Waals surface area contributed by atoms with Crippen molar-refractivity contribution < 1.29 is 13.9 Å². The molecule has 0 aromatic heterocycles. The van der Waals surface area contributed by atoms with Crippen LogP contribution in [0.3, 0.4) is 0 Å². The van der Waals surface area contributed by atoms with E-state index >= 15 is 0 Å². The molecule has 20 heavy (non-hydrogen) atoms. The van der Waals surface area contributed by atoms with Gasteiger partial charge in [-0.1, -0.05) is 12.1 Å². The summed E-state index contributed by atoms with van der Waals surface area (Å²) in [5, 5.41) is 0. The van der Waals surface area contributed by atoms with Crippen molar-refractivity contribution in [2.45, 2.75) is 25.4 Å². The first kappa shape index (κ1) is 14.9. The highest BCUT2D eigenvalue weighted by molar-refractivity contribution is 5.75. The number of hydrogen-bond donors (Lipinski definition) is 1. The summed E-state index contributed by atoms with van der Waals surface area (Å²) in [6.45, 7) is 2.71. The molecule has 5 heteroatoms. The first-order valence-electron chi connectivity index (χ1n) is 6.88. The van der Waals surface area contributed by atoms with Gasteiger partial charge in [0.2, 0.25) is 0 Å². The lowest BCUT2D eigenvalue weighted by molar-refractivity contribution is -0.142. The Morgan fingerprint density at radius 1 is 1.50 bits per heavy atom. The molecular formula is C15H21FN2O2. The van der Waals surface area contributed by atoms with Gasteiger partial charge in [0.15, 0.2) is 0 Å². The van der Waals surface area contributed by atoms with E-state index in [1.165, 1.54) is 19.2 Å². The van der Waals surface area contributed by atoms with Gasteiger partial charge < -0.3 is 10.5 Å². The molecule has 1 saturated heterocycles. The van der Waals surface area contributed by atoms with Gasteiger partial charge in [0.1, 0.15) is 11.9 Å². The van der Waals surface area contributed by atoms with Gasteiger partial charge in [-0.25, -0.2) is 4.39 Å². The number of hydrogen-bond acceptors (Lipinski definition) is 4. The lowest BCUT2D eigenvalue weighted by atomic mass is 10.00. The van der Waals surface area contributed by atoms with Crippen LogP contribution >= 0.6 is 0 Å². The fraction of sp³-hybridized carbons (Fsp3) is 0.533. The van der Waals surface area contributed by atoms with Crippen molar-refractivity contribution in [3.63, 3.8) is 0 Å². The number of nitrogens with two attached hydrogens (primary N) is 1. The van der Waals surface area contributed by atoms with Crippen LogP contribution in [0.5, 0.6) is 0 Å². The summed E-state index contributed by atoms with van der Waals surface area (Å²) >= 11 is 0. The number of methoxy groups -OCH3 is 1. The molecule has 1 aromatic carbocycles. The number of nitrogens with zero attached hydrogens (tertiary/aromatic N) is 1. The second-order valence-electron chi connectivity index (χ2n) is 5.38. The fourth-order valence-electron chi connectivity index (χ4n) is 2.70. The van der Waals surface area contributed by atoms with Crippen molar-refractivity contribution in [2.24, 2.45) is 11.7 Å². The minimum Gasteiger partial charge on any atom is -0.468 e. The number of likely N-dealkylation sites (tertiary alicyclic amines) is 1. The number of halogens is 1. The molecule has 1 aliphatic heterocycles. The molecule has 0 saturated carbocycles. The van der Waals surface area contributed by atoms with Crippen LogP contribution in [0.15, 0.2) is 24.3 Å². The molecule has 1 fully saturated rings. The molecule has 1 heterocycles. The van der Waals surface area contributed by atoms with Crippen LogP contribution in [0.4, 0.5) is 4.39 Å². The molecule has 0 bridgehead atoms. The van der Waals surface area contributed by atoms with E-state index in [4.69, 9.17) is 5.73 Å². The molecule has 0 aliphatic carbocycles. The third-order valence-corrected chi connectivity index (χ3v) is 3.78. The van der Waals surface area contributed by atoms with Crippen LogP contribution in [0.25, 0.3) is 0 Å². The van der Waals surface area contributed by atoms with E-state index < -0.39 is 6.04 Å². The zero-order valence-electron chi connectivity index (χ0n) is 11.7. The second kappa shape index (κ2) is 6.81. The van der Waals surface area contributed by atoms with Gasteiger partial charge in [0.25, 0.3) is 0 Å². The van der Waals surface area contributed by atoms with Crippen LogP contribution < -0.4 is 5.73 Å². The van der Waals surface area contributed by atoms with Crippen molar-refractivity contribution in [1.29, 1.82) is 0 Å². The molecule has 2 unspecified atom stereocenters. The zero-order chi connectivity index (χ0) is 14.5. The summed E-state index contributed by atoms with van der Waals surface area (Å²) in [5.41, 5.74) is 6.89. The minimum absolute atomic E-state index is 0.211. The molecule has 2 atom stereocenters. The van der Waals surface area contributed by atoms with Crippen LogP contribution in [0.2, 0.25) is 0 Å². The summed E-state index contributed by atoms with van der Waals surface area (Å²) in [7, 11) is 1.36. The smallest absolute Gasteiger partial charge is 0.322 e. The number of rotatable bonds is 5. The number of benzene rings is 1. The Bertz CT molecular complexity index is 450. The maximum Gasteiger partial charge on any atom is 0.322 e. The normalized spacial score (nSPS) is 20.9. The van der Waals surface area contributed by atoms with E-state index in [9.17, 15) is 9.18 Å². The van der Waals surface area contributed by atoms with Crippen molar-refractivity contribution in [1.82, 2.24) is 4.90 Å². The minimum atomic E-state index is -0.532. The van der Waals surface area contributed by atoms with Gasteiger partial charge in [0, 0.05) is 13.1 Å². The molecule has 1 aliphatic rings. The van der Waals surface area contributed by atoms with E-state index in [2.05, 4.69) is 9.64 Å². The van der Waals surface area contributed by atoms with Gasteiger partial charge >= 0.3 is 5.97 Å². The third kappa shape index (κ3) is 4.02. The topological polar surface area (TPSA) is 55.6 Å². The Morgan fingerprint density at radius 3 is 2.85 bits per heavy atom. The van der Waals surface area contributed by atoms with Gasteiger partial charge in [0.05, 0.1) is 7.11 Å². The van der Waals surface area contributed by atoms with E-state index in [1.54, 1.807) is 0 Å².